The Kier molecular flexibility index (Phi) is 7.04. The summed E-state index contributed by atoms with van der Waals surface area (Å²) in [6.45, 7) is 3.78. The molecule has 2 N–H and O–H groups in total. The van der Waals surface area contributed by atoms with Crippen LogP contribution < -0.4 is 5.32 Å². The summed E-state index contributed by atoms with van der Waals surface area (Å²) in [6.07, 6.45) is 3.15. The third-order valence-electron chi connectivity index (χ3n) is 4.45. The molecule has 128 valence electrons. The number of hydrogen-bond donors (Lipinski definition) is 2. The van der Waals surface area contributed by atoms with Crippen molar-refractivity contribution in [3.63, 3.8) is 0 Å². The molecule has 3 heteroatoms. The molecule has 3 aromatic rings. The molecule has 0 saturated heterocycles. The van der Waals surface area contributed by atoms with Gasteiger partial charge in [-0.2, -0.15) is 0 Å². The lowest BCUT2D eigenvalue weighted by molar-refractivity contribution is 0.176. The second-order valence-corrected chi connectivity index (χ2v) is 6.16. The summed E-state index contributed by atoms with van der Waals surface area (Å²) in [5.74, 6) is 0. The average Bonchev–Trinajstić information content (AvgIpc) is 2.60. The molecule has 0 aliphatic heterocycles. The van der Waals surface area contributed by atoms with Gasteiger partial charge in [0.1, 0.15) is 0 Å². The highest BCUT2D eigenvalue weighted by Gasteiger charge is 2.13. The van der Waals surface area contributed by atoms with Crippen LogP contribution in [0.5, 0.6) is 0 Å². The first-order chi connectivity index (χ1) is 11.3. The van der Waals surface area contributed by atoms with E-state index >= 15 is 0 Å². The molecule has 3 rings (SSSR count). The van der Waals surface area contributed by atoms with Crippen LogP contribution in [-0.4, -0.2) is 18.2 Å². The Balaban J connectivity index is 0.00000208. The Morgan fingerprint density at radius 2 is 1.58 bits per heavy atom. The molecule has 0 aliphatic carbocycles. The molecule has 0 spiro atoms. The third-order valence-corrected chi connectivity index (χ3v) is 4.45. The number of benzene rings is 3. The summed E-state index contributed by atoms with van der Waals surface area (Å²) in [5.41, 5.74) is 1.02. The number of aliphatic hydroxyl groups is 1. The van der Waals surface area contributed by atoms with Crippen molar-refractivity contribution >= 4 is 34.0 Å². The van der Waals surface area contributed by atoms with E-state index in [4.69, 9.17) is 0 Å². The van der Waals surface area contributed by atoms with E-state index in [9.17, 15) is 5.11 Å². The molecular formula is C21H26ClNO. The van der Waals surface area contributed by atoms with Gasteiger partial charge in [0, 0.05) is 6.54 Å². The molecule has 24 heavy (non-hydrogen) atoms. The highest BCUT2D eigenvalue weighted by molar-refractivity contribution is 6.09. The van der Waals surface area contributed by atoms with Crippen LogP contribution in [0, 0.1) is 0 Å². The highest BCUT2D eigenvalue weighted by atomic mass is 35.5. The van der Waals surface area contributed by atoms with Crippen LogP contribution in [0.1, 0.15) is 37.9 Å². The quantitative estimate of drug-likeness (QED) is 0.455. The minimum absolute atomic E-state index is 0. The number of halogens is 1. The molecule has 0 heterocycles. The molecule has 1 unspecified atom stereocenters. The number of nitrogens with one attached hydrogen (secondary N) is 1. The zero-order valence-corrected chi connectivity index (χ0v) is 15.0. The summed E-state index contributed by atoms with van der Waals surface area (Å²) in [5, 5.41) is 18.8. The number of hydrogen-bond acceptors (Lipinski definition) is 2. The summed E-state index contributed by atoms with van der Waals surface area (Å²) in [4.78, 5) is 0. The van der Waals surface area contributed by atoms with Crippen LogP contribution >= 0.6 is 12.4 Å². The van der Waals surface area contributed by atoms with Crippen LogP contribution in [0.3, 0.4) is 0 Å². The lowest BCUT2D eigenvalue weighted by Gasteiger charge is -2.16. The predicted octanol–water partition coefficient (Wildman–Crippen LogP) is 5.23. The average molecular weight is 344 g/mol. The van der Waals surface area contributed by atoms with Crippen molar-refractivity contribution in [3.8, 4) is 0 Å². The smallest absolute Gasteiger partial charge is 0.0920 e. The number of rotatable bonds is 7. The van der Waals surface area contributed by atoms with Gasteiger partial charge < -0.3 is 10.4 Å². The van der Waals surface area contributed by atoms with E-state index in [1.165, 1.54) is 35.4 Å². The fourth-order valence-corrected chi connectivity index (χ4v) is 3.21. The Labute approximate surface area is 150 Å². The second kappa shape index (κ2) is 9.03. The summed E-state index contributed by atoms with van der Waals surface area (Å²) in [6, 6.07) is 18.9. The predicted molar refractivity (Wildman–Crippen MR) is 106 cm³/mol. The van der Waals surface area contributed by atoms with Crippen molar-refractivity contribution in [1.29, 1.82) is 0 Å². The van der Waals surface area contributed by atoms with Gasteiger partial charge in [0.25, 0.3) is 0 Å². The molecule has 0 aromatic heterocycles. The van der Waals surface area contributed by atoms with Crippen LogP contribution in [-0.2, 0) is 0 Å². The van der Waals surface area contributed by atoms with Crippen molar-refractivity contribution in [2.24, 2.45) is 0 Å². The zero-order chi connectivity index (χ0) is 16.1. The van der Waals surface area contributed by atoms with Crippen LogP contribution in [0.4, 0.5) is 0 Å². The first-order valence-corrected chi connectivity index (χ1v) is 8.60. The molecule has 0 fully saturated rings. The van der Waals surface area contributed by atoms with Crippen LogP contribution in [0.2, 0.25) is 0 Å². The van der Waals surface area contributed by atoms with Gasteiger partial charge in [-0.3, -0.25) is 0 Å². The summed E-state index contributed by atoms with van der Waals surface area (Å²) < 4.78 is 0. The molecule has 0 amide bonds. The topological polar surface area (TPSA) is 32.3 Å². The molecule has 3 aromatic carbocycles. The number of fused-ring (bicyclic) bond motifs is 3. The van der Waals surface area contributed by atoms with Crippen molar-refractivity contribution in [2.75, 3.05) is 13.1 Å². The number of unbranched alkanes of at least 4 members (excludes halogenated alkanes) is 2. The van der Waals surface area contributed by atoms with Gasteiger partial charge in [0.2, 0.25) is 0 Å². The van der Waals surface area contributed by atoms with Crippen LogP contribution in [0.15, 0.2) is 54.6 Å². The summed E-state index contributed by atoms with van der Waals surface area (Å²) in [7, 11) is 0. The van der Waals surface area contributed by atoms with Crippen molar-refractivity contribution in [1.82, 2.24) is 5.32 Å². The zero-order valence-electron chi connectivity index (χ0n) is 14.2. The monoisotopic (exact) mass is 343 g/mol. The Morgan fingerprint density at radius 3 is 2.33 bits per heavy atom. The Morgan fingerprint density at radius 1 is 0.917 bits per heavy atom. The van der Waals surface area contributed by atoms with Gasteiger partial charge in [0.15, 0.2) is 0 Å². The van der Waals surface area contributed by atoms with Crippen molar-refractivity contribution in [3.05, 3.63) is 60.2 Å². The molecule has 0 aliphatic rings. The van der Waals surface area contributed by atoms with Crippen molar-refractivity contribution in [2.45, 2.75) is 32.3 Å². The van der Waals surface area contributed by atoms with Gasteiger partial charge in [-0.25, -0.2) is 0 Å². The molecule has 0 radical (unpaired) electrons. The minimum atomic E-state index is -0.480. The maximum absolute atomic E-state index is 10.7. The van der Waals surface area contributed by atoms with E-state index in [1.807, 2.05) is 6.07 Å². The Bertz CT molecular complexity index is 787. The van der Waals surface area contributed by atoms with Gasteiger partial charge >= 0.3 is 0 Å². The highest BCUT2D eigenvalue weighted by Crippen LogP contribution is 2.31. The largest absolute Gasteiger partial charge is 0.387 e. The van der Waals surface area contributed by atoms with Gasteiger partial charge in [-0.15, -0.1) is 12.4 Å². The third kappa shape index (κ3) is 4.07. The van der Waals surface area contributed by atoms with Gasteiger partial charge in [-0.1, -0.05) is 68.3 Å². The SMILES string of the molecule is CCCCCNCC(O)c1cc2ccccc2c2ccccc12.Cl. The van der Waals surface area contributed by atoms with Crippen molar-refractivity contribution < 1.29 is 5.11 Å². The summed E-state index contributed by atoms with van der Waals surface area (Å²) >= 11 is 0. The lowest BCUT2D eigenvalue weighted by Crippen LogP contribution is -2.22. The van der Waals surface area contributed by atoms with Gasteiger partial charge in [0.05, 0.1) is 6.10 Å². The molecule has 0 saturated carbocycles. The maximum Gasteiger partial charge on any atom is 0.0920 e. The standard InChI is InChI=1S/C21H25NO.ClH/c1-2-3-8-13-22-15-21(23)20-14-16-9-4-5-10-17(16)18-11-6-7-12-19(18)20;/h4-7,9-12,14,21-23H,2-3,8,13,15H2,1H3;1H. The van der Waals surface area contributed by atoms with E-state index in [1.54, 1.807) is 0 Å². The normalized spacial score (nSPS) is 12.2. The minimum Gasteiger partial charge on any atom is -0.387 e. The van der Waals surface area contributed by atoms with E-state index < -0.39 is 6.10 Å². The molecule has 2 nitrogen and oxygen atoms in total. The van der Waals surface area contributed by atoms with Gasteiger partial charge in [-0.05, 0) is 46.1 Å². The Hall–Kier alpha value is -1.61. The van der Waals surface area contributed by atoms with E-state index in [2.05, 4.69) is 60.8 Å². The fraction of sp³-hybridized carbons (Fsp3) is 0.333. The van der Waals surface area contributed by atoms with E-state index in [0.29, 0.717) is 6.54 Å². The van der Waals surface area contributed by atoms with E-state index in [0.717, 1.165) is 17.5 Å². The number of aliphatic hydroxyl groups excluding tert-OH is 1. The van der Waals surface area contributed by atoms with Crippen LogP contribution in [0.25, 0.3) is 21.5 Å². The molecule has 1 atom stereocenters. The first kappa shape index (κ1) is 18.7. The maximum atomic E-state index is 10.7. The molecule has 0 bridgehead atoms. The molecular weight excluding hydrogens is 318 g/mol. The lowest BCUT2D eigenvalue weighted by atomic mass is 9.94. The van der Waals surface area contributed by atoms with E-state index in [-0.39, 0.29) is 12.4 Å². The fourth-order valence-electron chi connectivity index (χ4n) is 3.21. The second-order valence-electron chi connectivity index (χ2n) is 6.16. The first-order valence-electron chi connectivity index (χ1n) is 8.60.